The molecule has 0 aliphatic carbocycles. The lowest BCUT2D eigenvalue weighted by molar-refractivity contribution is 0.0514. The predicted molar refractivity (Wildman–Crippen MR) is 76.2 cm³/mol. The van der Waals surface area contributed by atoms with E-state index in [0.29, 0.717) is 17.3 Å². The number of nitrogens with one attached hydrogen (secondary N) is 1. The van der Waals surface area contributed by atoms with E-state index in [1.807, 2.05) is 6.07 Å². The van der Waals surface area contributed by atoms with Crippen LogP contribution in [0.5, 0.6) is 0 Å². The molecule has 1 unspecified atom stereocenters. The summed E-state index contributed by atoms with van der Waals surface area (Å²) in [5.41, 5.74) is -0.0210. The molecule has 0 spiro atoms. The predicted octanol–water partition coefficient (Wildman–Crippen LogP) is 3.27. The molecule has 1 rings (SSSR count). The quantitative estimate of drug-likeness (QED) is 0.756. The number of halogens is 2. The van der Waals surface area contributed by atoms with Crippen LogP contribution >= 0.6 is 15.9 Å². The van der Waals surface area contributed by atoms with Crippen LogP contribution in [0, 0.1) is 5.82 Å². The monoisotopic (exact) mass is 317 g/mol. The minimum absolute atomic E-state index is 0.285. The van der Waals surface area contributed by atoms with Crippen molar-refractivity contribution < 1.29 is 9.50 Å². The third-order valence-corrected chi connectivity index (χ3v) is 3.76. The summed E-state index contributed by atoms with van der Waals surface area (Å²) in [6, 6.07) is 4.91. The fourth-order valence-corrected chi connectivity index (χ4v) is 2.25. The highest BCUT2D eigenvalue weighted by Gasteiger charge is 2.22. The smallest absolute Gasteiger partial charge is 0.137 e. The zero-order valence-electron chi connectivity index (χ0n) is 11.0. The van der Waals surface area contributed by atoms with E-state index < -0.39 is 5.60 Å². The Bertz CT molecular complexity index is 382. The summed E-state index contributed by atoms with van der Waals surface area (Å²) in [7, 11) is 0. The Morgan fingerprint density at radius 3 is 2.78 bits per heavy atom. The van der Waals surface area contributed by atoms with Crippen molar-refractivity contribution in [2.75, 3.05) is 13.1 Å². The van der Waals surface area contributed by atoms with E-state index >= 15 is 0 Å². The van der Waals surface area contributed by atoms with Gasteiger partial charge < -0.3 is 10.4 Å². The lowest BCUT2D eigenvalue weighted by atomic mass is 9.93. The number of benzene rings is 1. The molecule has 1 aromatic carbocycles. The third kappa shape index (κ3) is 5.04. The van der Waals surface area contributed by atoms with Crippen molar-refractivity contribution in [1.82, 2.24) is 5.32 Å². The highest BCUT2D eigenvalue weighted by atomic mass is 79.9. The molecule has 0 amide bonds. The minimum Gasteiger partial charge on any atom is -0.390 e. The van der Waals surface area contributed by atoms with E-state index in [4.69, 9.17) is 0 Å². The number of rotatable bonds is 7. The highest BCUT2D eigenvalue weighted by Crippen LogP contribution is 2.25. The summed E-state index contributed by atoms with van der Waals surface area (Å²) in [5, 5.41) is 13.6. The fourth-order valence-electron chi connectivity index (χ4n) is 1.84. The van der Waals surface area contributed by atoms with Gasteiger partial charge in [0.1, 0.15) is 5.82 Å². The molecular weight excluding hydrogens is 297 g/mol. The molecular formula is C14H21BrFNO. The fraction of sp³-hybridized carbons (Fsp3) is 0.571. The Balaban J connectivity index is 2.56. The van der Waals surface area contributed by atoms with Crippen LogP contribution in [0.15, 0.2) is 22.7 Å². The molecule has 0 saturated carbocycles. The standard InChI is InChI=1S/C14H21BrFNO/c1-3-8-17-9-7-14(2,18)10-11-5-4-6-12(16)13(11)15/h4-6,17-18H,3,7-10H2,1-2H3. The molecule has 1 atom stereocenters. The molecule has 102 valence electrons. The summed E-state index contributed by atoms with van der Waals surface area (Å²) in [4.78, 5) is 0. The van der Waals surface area contributed by atoms with Gasteiger partial charge in [-0.15, -0.1) is 0 Å². The van der Waals surface area contributed by atoms with E-state index in [0.717, 1.165) is 25.1 Å². The molecule has 0 saturated heterocycles. The maximum absolute atomic E-state index is 13.4. The largest absolute Gasteiger partial charge is 0.390 e. The summed E-state index contributed by atoms with van der Waals surface area (Å²) >= 11 is 3.22. The second-order valence-corrected chi connectivity index (χ2v) is 5.68. The van der Waals surface area contributed by atoms with E-state index in [2.05, 4.69) is 28.2 Å². The van der Waals surface area contributed by atoms with E-state index in [-0.39, 0.29) is 5.82 Å². The first-order valence-corrected chi connectivity index (χ1v) is 7.11. The average molecular weight is 318 g/mol. The summed E-state index contributed by atoms with van der Waals surface area (Å²) in [5.74, 6) is -0.285. The first-order chi connectivity index (χ1) is 8.46. The van der Waals surface area contributed by atoms with Crippen LogP contribution in [-0.4, -0.2) is 23.8 Å². The summed E-state index contributed by atoms with van der Waals surface area (Å²) in [6.07, 6.45) is 2.17. The molecule has 0 bridgehead atoms. The molecule has 18 heavy (non-hydrogen) atoms. The van der Waals surface area contributed by atoms with Gasteiger partial charge in [0.15, 0.2) is 0 Å². The van der Waals surface area contributed by atoms with Crippen LogP contribution in [0.1, 0.15) is 32.3 Å². The zero-order chi connectivity index (χ0) is 13.6. The zero-order valence-corrected chi connectivity index (χ0v) is 12.6. The second kappa shape index (κ2) is 7.22. The molecule has 0 aliphatic heterocycles. The van der Waals surface area contributed by atoms with Gasteiger partial charge in [-0.1, -0.05) is 19.1 Å². The van der Waals surface area contributed by atoms with Crippen LogP contribution < -0.4 is 5.32 Å². The van der Waals surface area contributed by atoms with Crippen molar-refractivity contribution in [1.29, 1.82) is 0 Å². The van der Waals surface area contributed by atoms with Crippen molar-refractivity contribution in [3.05, 3.63) is 34.1 Å². The molecule has 2 N–H and O–H groups in total. The van der Waals surface area contributed by atoms with E-state index in [9.17, 15) is 9.50 Å². The Labute approximate surface area is 117 Å². The molecule has 0 fully saturated rings. The van der Waals surface area contributed by atoms with Gasteiger partial charge in [0, 0.05) is 6.42 Å². The summed E-state index contributed by atoms with van der Waals surface area (Å²) < 4.78 is 13.8. The topological polar surface area (TPSA) is 32.3 Å². The maximum atomic E-state index is 13.4. The van der Waals surface area contributed by atoms with E-state index in [1.54, 1.807) is 13.0 Å². The molecule has 0 radical (unpaired) electrons. The molecule has 4 heteroatoms. The SMILES string of the molecule is CCCNCCC(C)(O)Cc1cccc(F)c1Br. The van der Waals surface area contributed by atoms with Gasteiger partial charge in [-0.3, -0.25) is 0 Å². The van der Waals surface area contributed by atoms with Crippen LogP contribution in [-0.2, 0) is 6.42 Å². The second-order valence-electron chi connectivity index (χ2n) is 4.89. The number of hydrogen-bond acceptors (Lipinski definition) is 2. The van der Waals surface area contributed by atoms with Crippen molar-refractivity contribution in [3.8, 4) is 0 Å². The van der Waals surface area contributed by atoms with Gasteiger partial charge in [-0.2, -0.15) is 0 Å². The normalized spacial score (nSPS) is 14.5. The molecule has 0 aliphatic rings. The van der Waals surface area contributed by atoms with Crippen LogP contribution in [0.3, 0.4) is 0 Å². The van der Waals surface area contributed by atoms with Crippen LogP contribution in [0.4, 0.5) is 4.39 Å². The Hall–Kier alpha value is -0.450. The van der Waals surface area contributed by atoms with Crippen molar-refractivity contribution in [2.45, 2.75) is 38.7 Å². The Morgan fingerprint density at radius 2 is 2.11 bits per heavy atom. The lowest BCUT2D eigenvalue weighted by Gasteiger charge is -2.24. The highest BCUT2D eigenvalue weighted by molar-refractivity contribution is 9.10. The van der Waals surface area contributed by atoms with Gasteiger partial charge in [0.2, 0.25) is 0 Å². The van der Waals surface area contributed by atoms with Gasteiger partial charge in [0.05, 0.1) is 10.1 Å². The average Bonchev–Trinajstić information content (AvgIpc) is 2.31. The van der Waals surface area contributed by atoms with Crippen molar-refractivity contribution >= 4 is 15.9 Å². The van der Waals surface area contributed by atoms with Crippen LogP contribution in [0.2, 0.25) is 0 Å². The number of hydrogen-bond donors (Lipinski definition) is 2. The van der Waals surface area contributed by atoms with Gasteiger partial charge in [-0.05, 0) is 60.4 Å². The minimum atomic E-state index is -0.822. The maximum Gasteiger partial charge on any atom is 0.137 e. The van der Waals surface area contributed by atoms with E-state index in [1.165, 1.54) is 6.07 Å². The van der Waals surface area contributed by atoms with Crippen LogP contribution in [0.25, 0.3) is 0 Å². The van der Waals surface area contributed by atoms with Gasteiger partial charge >= 0.3 is 0 Å². The third-order valence-electron chi connectivity index (χ3n) is 2.87. The first-order valence-electron chi connectivity index (χ1n) is 6.32. The molecule has 0 aromatic heterocycles. The Morgan fingerprint density at radius 1 is 1.39 bits per heavy atom. The van der Waals surface area contributed by atoms with Crippen molar-refractivity contribution in [3.63, 3.8) is 0 Å². The first kappa shape index (κ1) is 15.6. The Kier molecular flexibility index (Phi) is 6.26. The summed E-state index contributed by atoms with van der Waals surface area (Å²) in [6.45, 7) is 5.63. The lowest BCUT2D eigenvalue weighted by Crippen LogP contribution is -2.32. The van der Waals surface area contributed by atoms with Crippen molar-refractivity contribution in [2.24, 2.45) is 0 Å². The molecule has 2 nitrogen and oxygen atoms in total. The van der Waals surface area contributed by atoms with Gasteiger partial charge in [0.25, 0.3) is 0 Å². The van der Waals surface area contributed by atoms with Gasteiger partial charge in [-0.25, -0.2) is 4.39 Å². The molecule has 0 heterocycles. The number of aliphatic hydroxyl groups is 1. The molecule has 1 aromatic rings.